The average molecular weight is 286 g/mol. The van der Waals surface area contributed by atoms with Gasteiger partial charge in [0.05, 0.1) is 0 Å². The third-order valence-electron chi connectivity index (χ3n) is 3.76. The van der Waals surface area contributed by atoms with E-state index in [0.717, 1.165) is 11.8 Å². The lowest BCUT2D eigenvalue weighted by atomic mass is 9.97. The Bertz CT molecular complexity index is 254. The third kappa shape index (κ3) is 5.77. The van der Waals surface area contributed by atoms with Gasteiger partial charge in [-0.05, 0) is 58.3 Å². The zero-order valence-corrected chi connectivity index (χ0v) is 14.1. The lowest BCUT2D eigenvalue weighted by Crippen LogP contribution is -2.27. The first-order valence-electron chi connectivity index (χ1n) is 7.80. The summed E-state index contributed by atoms with van der Waals surface area (Å²) in [5, 5.41) is 0. The van der Waals surface area contributed by atoms with Crippen LogP contribution >= 0.6 is 0 Å². The van der Waals surface area contributed by atoms with Gasteiger partial charge in [-0.2, -0.15) is 0 Å². The number of hydrogen-bond donors (Lipinski definition) is 0. The summed E-state index contributed by atoms with van der Waals surface area (Å²) in [4.78, 5) is 0. The summed E-state index contributed by atoms with van der Waals surface area (Å²) in [7, 11) is -1.73. The van der Waals surface area contributed by atoms with Gasteiger partial charge in [0.25, 0.3) is 0 Å². The van der Waals surface area contributed by atoms with E-state index in [2.05, 4.69) is 13.0 Å². The van der Waals surface area contributed by atoms with Gasteiger partial charge in [0.15, 0.2) is 0 Å². The number of hydrogen-bond acceptors (Lipinski definition) is 3. The fourth-order valence-electron chi connectivity index (χ4n) is 2.90. The van der Waals surface area contributed by atoms with Gasteiger partial charge in [-0.25, -0.2) is 0 Å². The maximum absolute atomic E-state index is 5.22. The summed E-state index contributed by atoms with van der Waals surface area (Å²) >= 11 is 0. The molecule has 0 heterocycles. The van der Waals surface area contributed by atoms with Crippen molar-refractivity contribution in [1.29, 1.82) is 0 Å². The van der Waals surface area contributed by atoms with E-state index in [1.165, 1.54) is 25.7 Å². The van der Waals surface area contributed by atoms with Crippen molar-refractivity contribution in [1.82, 2.24) is 0 Å². The van der Waals surface area contributed by atoms with Gasteiger partial charge < -0.3 is 13.3 Å². The molecule has 0 aromatic rings. The van der Waals surface area contributed by atoms with Crippen molar-refractivity contribution >= 4 is 9.53 Å². The quantitative estimate of drug-likeness (QED) is 0.529. The summed E-state index contributed by atoms with van der Waals surface area (Å²) in [5.74, 6) is 2.00. The van der Waals surface area contributed by atoms with E-state index in [1.807, 2.05) is 20.8 Å². The smallest absolute Gasteiger partial charge is 0.376 e. The Hall–Kier alpha value is -0.163. The molecule has 4 heteroatoms. The van der Waals surface area contributed by atoms with E-state index < -0.39 is 9.53 Å². The van der Waals surface area contributed by atoms with E-state index in [9.17, 15) is 0 Å². The molecule has 2 unspecified atom stereocenters. The van der Waals surface area contributed by atoms with Crippen LogP contribution in [-0.4, -0.2) is 29.3 Å². The maximum Gasteiger partial charge on any atom is 0.484 e. The van der Waals surface area contributed by atoms with Crippen LogP contribution in [0.15, 0.2) is 11.6 Å². The summed E-state index contributed by atoms with van der Waals surface area (Å²) < 4.78 is 15.7. The fourth-order valence-corrected chi connectivity index (χ4v) is 4.01. The molecule has 0 aliphatic heterocycles. The fraction of sp³-hybridized carbons (Fsp3) is 0.867. The second-order valence-electron chi connectivity index (χ2n) is 5.02. The Morgan fingerprint density at radius 2 is 1.58 bits per heavy atom. The van der Waals surface area contributed by atoms with Crippen molar-refractivity contribution in [2.24, 2.45) is 11.8 Å². The molecule has 2 bridgehead atoms. The molecule has 3 nitrogen and oxygen atoms in total. The Balaban J connectivity index is 0.000000190. The van der Waals surface area contributed by atoms with Gasteiger partial charge in [-0.1, -0.05) is 18.6 Å². The van der Waals surface area contributed by atoms with Gasteiger partial charge in [0.2, 0.25) is 0 Å². The zero-order valence-electron chi connectivity index (χ0n) is 13.0. The van der Waals surface area contributed by atoms with Crippen molar-refractivity contribution in [2.45, 2.75) is 53.4 Å². The van der Waals surface area contributed by atoms with Gasteiger partial charge in [-0.15, -0.1) is 0 Å². The SMILES string of the molecule is CCC1=CC2CCC1C2.CCO[SiH](OCC)OCC. The van der Waals surface area contributed by atoms with E-state index in [0.29, 0.717) is 19.8 Å². The largest absolute Gasteiger partial charge is 0.484 e. The molecule has 2 rings (SSSR count). The second kappa shape index (κ2) is 9.70. The molecule has 1 saturated carbocycles. The Labute approximate surface area is 120 Å². The highest BCUT2D eigenvalue weighted by Crippen LogP contribution is 2.44. The van der Waals surface area contributed by atoms with Crippen LogP contribution in [0.25, 0.3) is 0 Å². The maximum atomic E-state index is 5.22. The monoisotopic (exact) mass is 286 g/mol. The predicted molar refractivity (Wildman–Crippen MR) is 81.2 cm³/mol. The number of fused-ring (bicyclic) bond motifs is 2. The molecule has 0 spiro atoms. The first-order chi connectivity index (χ1) is 9.24. The normalized spacial score (nSPS) is 24.4. The lowest BCUT2D eigenvalue weighted by Gasteiger charge is -2.12. The Kier molecular flexibility index (Phi) is 8.62. The molecule has 19 heavy (non-hydrogen) atoms. The van der Waals surface area contributed by atoms with Crippen LogP contribution in [0.1, 0.15) is 53.4 Å². The van der Waals surface area contributed by atoms with Crippen LogP contribution in [0.2, 0.25) is 0 Å². The summed E-state index contributed by atoms with van der Waals surface area (Å²) in [5.41, 5.74) is 1.76. The highest BCUT2D eigenvalue weighted by Gasteiger charge is 2.31. The molecular weight excluding hydrogens is 256 g/mol. The van der Waals surface area contributed by atoms with Crippen molar-refractivity contribution in [3.05, 3.63) is 11.6 Å². The van der Waals surface area contributed by atoms with Crippen molar-refractivity contribution in [3.63, 3.8) is 0 Å². The standard InChI is InChI=1S/C9H14.C6H16O3Si/c1-2-8-5-7-3-4-9(8)6-7;1-4-7-10(8-5-2)9-6-3/h5,7,9H,2-4,6H2,1H3;10H,4-6H2,1-3H3. The highest BCUT2D eigenvalue weighted by atomic mass is 28.3. The van der Waals surface area contributed by atoms with E-state index in [1.54, 1.807) is 5.57 Å². The molecule has 0 aromatic heterocycles. The minimum atomic E-state index is -1.73. The van der Waals surface area contributed by atoms with Crippen LogP contribution in [-0.2, 0) is 13.3 Å². The summed E-state index contributed by atoms with van der Waals surface area (Å²) in [6, 6.07) is 0. The second-order valence-corrected chi connectivity index (χ2v) is 6.60. The van der Waals surface area contributed by atoms with Crippen LogP contribution in [0.5, 0.6) is 0 Å². The molecule has 0 saturated heterocycles. The van der Waals surface area contributed by atoms with Crippen molar-refractivity contribution in [2.75, 3.05) is 19.8 Å². The minimum absolute atomic E-state index is 0.677. The number of allylic oxidation sites excluding steroid dienone is 2. The van der Waals surface area contributed by atoms with Gasteiger partial charge in [0.1, 0.15) is 0 Å². The zero-order chi connectivity index (χ0) is 14.1. The summed E-state index contributed by atoms with van der Waals surface area (Å²) in [6.07, 6.45) is 8.29. The molecule has 0 radical (unpaired) electrons. The van der Waals surface area contributed by atoms with Crippen molar-refractivity contribution in [3.8, 4) is 0 Å². The van der Waals surface area contributed by atoms with E-state index in [4.69, 9.17) is 13.3 Å². The van der Waals surface area contributed by atoms with Crippen LogP contribution in [0.4, 0.5) is 0 Å². The molecule has 112 valence electrons. The molecule has 0 N–H and O–H groups in total. The van der Waals surface area contributed by atoms with Crippen molar-refractivity contribution < 1.29 is 13.3 Å². The first kappa shape index (κ1) is 16.9. The molecule has 2 aliphatic rings. The van der Waals surface area contributed by atoms with Gasteiger partial charge in [0, 0.05) is 19.8 Å². The molecule has 2 aliphatic carbocycles. The minimum Gasteiger partial charge on any atom is -0.376 e. The Morgan fingerprint density at radius 1 is 1.00 bits per heavy atom. The third-order valence-corrected chi connectivity index (χ3v) is 5.58. The van der Waals surface area contributed by atoms with Crippen LogP contribution in [0, 0.1) is 11.8 Å². The van der Waals surface area contributed by atoms with Crippen LogP contribution in [0.3, 0.4) is 0 Å². The molecule has 0 aromatic carbocycles. The van der Waals surface area contributed by atoms with Gasteiger partial charge >= 0.3 is 9.53 Å². The molecule has 1 fully saturated rings. The predicted octanol–water partition coefficient (Wildman–Crippen LogP) is 3.57. The van der Waals surface area contributed by atoms with Crippen LogP contribution < -0.4 is 0 Å². The lowest BCUT2D eigenvalue weighted by molar-refractivity contribution is 0.107. The summed E-state index contributed by atoms with van der Waals surface area (Å²) in [6.45, 7) is 10.1. The topological polar surface area (TPSA) is 27.7 Å². The van der Waals surface area contributed by atoms with Gasteiger partial charge in [-0.3, -0.25) is 0 Å². The number of rotatable bonds is 7. The van der Waals surface area contributed by atoms with E-state index >= 15 is 0 Å². The average Bonchev–Trinajstić information content (AvgIpc) is 3.02. The first-order valence-corrected chi connectivity index (χ1v) is 9.21. The molecule has 0 amide bonds. The Morgan fingerprint density at radius 3 is 1.84 bits per heavy atom. The van der Waals surface area contributed by atoms with E-state index in [-0.39, 0.29) is 0 Å². The molecule has 2 atom stereocenters. The highest BCUT2D eigenvalue weighted by molar-refractivity contribution is 6.36. The molecular formula is C15H30O3Si.